The van der Waals surface area contributed by atoms with Gasteiger partial charge in [-0.3, -0.25) is 0 Å². The Balaban J connectivity index is 0.00000162. The molecule has 1 aromatic carbocycles. The van der Waals surface area contributed by atoms with E-state index in [1.807, 2.05) is 6.07 Å². The van der Waals surface area contributed by atoms with Crippen molar-refractivity contribution in [1.29, 1.82) is 0 Å². The van der Waals surface area contributed by atoms with Crippen molar-refractivity contribution in [2.75, 3.05) is 13.3 Å². The number of unbranched alkanes of at least 4 members (excludes halogenated alkanes) is 3. The molecule has 0 radical (unpaired) electrons. The van der Waals surface area contributed by atoms with Crippen LogP contribution in [0.2, 0.25) is 0 Å². The van der Waals surface area contributed by atoms with Crippen molar-refractivity contribution >= 4 is 12.4 Å². The molecule has 0 unspecified atom stereocenters. The van der Waals surface area contributed by atoms with Crippen molar-refractivity contribution in [2.45, 2.75) is 39.2 Å². The van der Waals surface area contributed by atoms with Gasteiger partial charge < -0.3 is 14.8 Å². The summed E-state index contributed by atoms with van der Waals surface area (Å²) in [4.78, 5) is 0. The molecule has 18 heavy (non-hydrogen) atoms. The second kappa shape index (κ2) is 8.22. The Labute approximate surface area is 115 Å². The first-order chi connectivity index (χ1) is 8.40. The van der Waals surface area contributed by atoms with Gasteiger partial charge in [0.15, 0.2) is 11.5 Å². The van der Waals surface area contributed by atoms with Crippen LogP contribution in [0, 0.1) is 0 Å². The van der Waals surface area contributed by atoms with Gasteiger partial charge in [-0.1, -0.05) is 32.3 Å². The Kier molecular flexibility index (Phi) is 6.91. The van der Waals surface area contributed by atoms with E-state index in [0.717, 1.165) is 24.6 Å². The highest BCUT2D eigenvalue weighted by Crippen LogP contribution is 2.32. The number of hydrogen-bond acceptors (Lipinski definition) is 3. The van der Waals surface area contributed by atoms with Crippen LogP contribution in [0.15, 0.2) is 18.2 Å². The Morgan fingerprint density at radius 1 is 1.11 bits per heavy atom. The Morgan fingerprint density at radius 2 is 1.94 bits per heavy atom. The van der Waals surface area contributed by atoms with E-state index in [1.54, 1.807) is 0 Å². The third-order valence-corrected chi connectivity index (χ3v) is 2.97. The normalized spacial score (nSPS) is 12.3. The van der Waals surface area contributed by atoms with E-state index in [2.05, 4.69) is 24.4 Å². The van der Waals surface area contributed by atoms with Crippen molar-refractivity contribution in [3.05, 3.63) is 23.8 Å². The highest BCUT2D eigenvalue weighted by Gasteiger charge is 2.12. The zero-order valence-electron chi connectivity index (χ0n) is 10.9. The smallest absolute Gasteiger partial charge is 0.231 e. The van der Waals surface area contributed by atoms with Gasteiger partial charge in [-0.25, -0.2) is 0 Å². The second-order valence-electron chi connectivity index (χ2n) is 4.43. The lowest BCUT2D eigenvalue weighted by Crippen LogP contribution is -2.14. The molecule has 102 valence electrons. The molecule has 1 heterocycles. The molecule has 0 atom stereocenters. The number of rotatable bonds is 7. The van der Waals surface area contributed by atoms with E-state index >= 15 is 0 Å². The Bertz CT molecular complexity index is 358. The molecule has 0 fully saturated rings. The van der Waals surface area contributed by atoms with Crippen LogP contribution in [0.4, 0.5) is 0 Å². The highest BCUT2D eigenvalue weighted by molar-refractivity contribution is 5.85. The van der Waals surface area contributed by atoms with Crippen molar-refractivity contribution in [3.8, 4) is 11.5 Å². The maximum absolute atomic E-state index is 5.35. The fraction of sp³-hybridized carbons (Fsp3) is 0.571. The lowest BCUT2D eigenvalue weighted by Gasteiger charge is -2.05. The van der Waals surface area contributed by atoms with E-state index in [0.29, 0.717) is 6.79 Å². The molecule has 0 aromatic heterocycles. The van der Waals surface area contributed by atoms with Crippen molar-refractivity contribution < 1.29 is 9.47 Å². The van der Waals surface area contributed by atoms with Gasteiger partial charge in [0.25, 0.3) is 0 Å². The van der Waals surface area contributed by atoms with Crippen LogP contribution in [0.1, 0.15) is 38.2 Å². The number of benzene rings is 1. The first kappa shape index (κ1) is 15.1. The topological polar surface area (TPSA) is 30.5 Å². The van der Waals surface area contributed by atoms with Gasteiger partial charge in [0.1, 0.15) is 0 Å². The van der Waals surface area contributed by atoms with E-state index in [1.165, 1.54) is 31.2 Å². The summed E-state index contributed by atoms with van der Waals surface area (Å²) < 4.78 is 10.6. The van der Waals surface area contributed by atoms with Gasteiger partial charge in [-0.15, -0.1) is 12.4 Å². The van der Waals surface area contributed by atoms with Gasteiger partial charge in [-0.05, 0) is 30.7 Å². The number of halogens is 1. The van der Waals surface area contributed by atoms with Crippen LogP contribution >= 0.6 is 12.4 Å². The summed E-state index contributed by atoms with van der Waals surface area (Å²) in [5.74, 6) is 1.73. The lowest BCUT2D eigenvalue weighted by molar-refractivity contribution is 0.174. The molecule has 1 N–H and O–H groups in total. The predicted octanol–water partition coefficient (Wildman–Crippen LogP) is 3.51. The molecule has 0 saturated carbocycles. The molecular formula is C14H22ClNO2. The predicted molar refractivity (Wildman–Crippen MR) is 75.7 cm³/mol. The molecule has 0 bridgehead atoms. The molecule has 0 saturated heterocycles. The average molecular weight is 272 g/mol. The number of ether oxygens (including phenoxy) is 2. The zero-order chi connectivity index (χ0) is 11.9. The van der Waals surface area contributed by atoms with E-state index in [4.69, 9.17) is 9.47 Å². The van der Waals surface area contributed by atoms with Crippen LogP contribution in [-0.2, 0) is 6.54 Å². The largest absolute Gasteiger partial charge is 0.454 e. The van der Waals surface area contributed by atoms with Crippen LogP contribution in [-0.4, -0.2) is 13.3 Å². The molecule has 0 aliphatic carbocycles. The SMILES string of the molecule is CCCCCCNCc1ccc2c(c1)OCO2.Cl. The Morgan fingerprint density at radius 3 is 2.78 bits per heavy atom. The summed E-state index contributed by atoms with van der Waals surface area (Å²) >= 11 is 0. The average Bonchev–Trinajstić information content (AvgIpc) is 2.81. The number of hydrogen-bond donors (Lipinski definition) is 1. The minimum Gasteiger partial charge on any atom is -0.454 e. The maximum atomic E-state index is 5.35. The minimum atomic E-state index is 0. The molecule has 3 nitrogen and oxygen atoms in total. The van der Waals surface area contributed by atoms with Crippen LogP contribution in [0.3, 0.4) is 0 Å². The molecule has 1 aliphatic heterocycles. The minimum absolute atomic E-state index is 0. The molecule has 0 spiro atoms. The Hall–Kier alpha value is -0.930. The number of nitrogens with one attached hydrogen (secondary N) is 1. The monoisotopic (exact) mass is 271 g/mol. The van der Waals surface area contributed by atoms with Gasteiger partial charge in [0, 0.05) is 6.54 Å². The summed E-state index contributed by atoms with van der Waals surface area (Å²) in [7, 11) is 0. The molecule has 1 aromatic rings. The van der Waals surface area contributed by atoms with Crippen molar-refractivity contribution in [1.82, 2.24) is 5.32 Å². The fourth-order valence-electron chi connectivity index (χ4n) is 1.96. The van der Waals surface area contributed by atoms with Gasteiger partial charge in [-0.2, -0.15) is 0 Å². The standard InChI is InChI=1S/C14H21NO2.ClH/c1-2-3-4-5-8-15-10-12-6-7-13-14(9-12)17-11-16-13;/h6-7,9,15H,2-5,8,10-11H2,1H3;1H. The van der Waals surface area contributed by atoms with Crippen LogP contribution < -0.4 is 14.8 Å². The highest BCUT2D eigenvalue weighted by atomic mass is 35.5. The quantitative estimate of drug-likeness (QED) is 0.770. The summed E-state index contributed by atoms with van der Waals surface area (Å²) in [5, 5.41) is 3.46. The lowest BCUT2D eigenvalue weighted by atomic mass is 10.2. The van der Waals surface area contributed by atoms with E-state index in [9.17, 15) is 0 Å². The molecule has 1 aliphatic rings. The fourth-order valence-corrected chi connectivity index (χ4v) is 1.96. The summed E-state index contributed by atoms with van der Waals surface area (Å²) in [6.45, 7) is 4.58. The molecular weight excluding hydrogens is 250 g/mol. The summed E-state index contributed by atoms with van der Waals surface area (Å²) in [6.07, 6.45) is 5.22. The molecule has 0 amide bonds. The van der Waals surface area contributed by atoms with Gasteiger partial charge in [0.05, 0.1) is 0 Å². The first-order valence-corrected chi connectivity index (χ1v) is 6.49. The van der Waals surface area contributed by atoms with Crippen LogP contribution in [0.25, 0.3) is 0 Å². The van der Waals surface area contributed by atoms with E-state index in [-0.39, 0.29) is 12.4 Å². The third-order valence-electron chi connectivity index (χ3n) is 2.97. The van der Waals surface area contributed by atoms with Crippen LogP contribution in [0.5, 0.6) is 11.5 Å². The molecule has 4 heteroatoms. The summed E-state index contributed by atoms with van der Waals surface area (Å²) in [6, 6.07) is 6.13. The third kappa shape index (κ3) is 4.39. The van der Waals surface area contributed by atoms with E-state index < -0.39 is 0 Å². The zero-order valence-corrected chi connectivity index (χ0v) is 11.7. The maximum Gasteiger partial charge on any atom is 0.231 e. The van der Waals surface area contributed by atoms with Gasteiger partial charge >= 0.3 is 0 Å². The van der Waals surface area contributed by atoms with Gasteiger partial charge in [0.2, 0.25) is 6.79 Å². The number of fused-ring (bicyclic) bond motifs is 1. The summed E-state index contributed by atoms with van der Waals surface area (Å²) in [5.41, 5.74) is 1.25. The molecule has 2 rings (SSSR count). The van der Waals surface area contributed by atoms with Crippen molar-refractivity contribution in [2.24, 2.45) is 0 Å². The second-order valence-corrected chi connectivity index (χ2v) is 4.43. The van der Waals surface area contributed by atoms with Crippen molar-refractivity contribution in [3.63, 3.8) is 0 Å². The first-order valence-electron chi connectivity index (χ1n) is 6.49.